The fourth-order valence-electron chi connectivity index (χ4n) is 2.14. The molecule has 5 nitrogen and oxygen atoms in total. The molecule has 2 aromatic rings. The molecule has 1 aliphatic rings. The van der Waals surface area contributed by atoms with Gasteiger partial charge in [0.25, 0.3) is 0 Å². The molecule has 0 atom stereocenters. The number of aromatic nitrogens is 3. The standard InChI is InChI=1S/C14H15ClN4O/c1-2-18(14(20)10-5-6-10)12-9-19(17-13(12)15)11-4-3-7-16-8-11/h3-4,7-10H,2,5-6H2,1H3. The molecule has 0 radical (unpaired) electrons. The van der Waals surface area contributed by atoms with Crippen LogP contribution < -0.4 is 4.90 Å². The van der Waals surface area contributed by atoms with E-state index in [1.165, 1.54) is 0 Å². The molecule has 2 heterocycles. The van der Waals surface area contributed by atoms with Crippen LogP contribution in [-0.4, -0.2) is 27.2 Å². The molecule has 20 heavy (non-hydrogen) atoms. The predicted molar refractivity (Wildman–Crippen MR) is 77.1 cm³/mol. The minimum absolute atomic E-state index is 0.139. The van der Waals surface area contributed by atoms with Crippen molar-refractivity contribution in [3.63, 3.8) is 0 Å². The average molecular weight is 291 g/mol. The van der Waals surface area contributed by atoms with Gasteiger partial charge in [0.1, 0.15) is 5.69 Å². The highest BCUT2D eigenvalue weighted by Crippen LogP contribution is 2.34. The first-order chi connectivity index (χ1) is 9.70. The molecule has 3 rings (SSSR count). The van der Waals surface area contributed by atoms with Crippen molar-refractivity contribution >= 4 is 23.2 Å². The molecule has 104 valence electrons. The van der Waals surface area contributed by atoms with Crippen LogP contribution in [0.1, 0.15) is 19.8 Å². The zero-order valence-electron chi connectivity index (χ0n) is 11.2. The molecule has 1 aliphatic carbocycles. The lowest BCUT2D eigenvalue weighted by Crippen LogP contribution is -2.31. The van der Waals surface area contributed by atoms with Gasteiger partial charge < -0.3 is 4.90 Å². The van der Waals surface area contributed by atoms with E-state index in [4.69, 9.17) is 11.6 Å². The highest BCUT2D eigenvalue weighted by Gasteiger charge is 2.34. The van der Waals surface area contributed by atoms with Gasteiger partial charge in [-0.2, -0.15) is 5.10 Å². The first-order valence-corrected chi connectivity index (χ1v) is 7.05. The highest BCUT2D eigenvalue weighted by atomic mass is 35.5. The van der Waals surface area contributed by atoms with E-state index in [-0.39, 0.29) is 11.8 Å². The maximum Gasteiger partial charge on any atom is 0.230 e. The van der Waals surface area contributed by atoms with Crippen molar-refractivity contribution < 1.29 is 4.79 Å². The second-order valence-electron chi connectivity index (χ2n) is 4.82. The lowest BCUT2D eigenvalue weighted by molar-refractivity contribution is -0.119. The third-order valence-electron chi connectivity index (χ3n) is 3.36. The normalized spacial score (nSPS) is 14.3. The highest BCUT2D eigenvalue weighted by molar-refractivity contribution is 6.32. The Labute approximate surface area is 122 Å². The summed E-state index contributed by atoms with van der Waals surface area (Å²) < 4.78 is 1.65. The second kappa shape index (κ2) is 5.25. The van der Waals surface area contributed by atoms with Gasteiger partial charge in [-0.05, 0) is 31.9 Å². The summed E-state index contributed by atoms with van der Waals surface area (Å²) in [6, 6.07) is 3.72. The Bertz CT molecular complexity index is 621. The smallest absolute Gasteiger partial charge is 0.230 e. The van der Waals surface area contributed by atoms with E-state index in [1.54, 1.807) is 28.2 Å². The topological polar surface area (TPSA) is 51.0 Å². The van der Waals surface area contributed by atoms with Crippen molar-refractivity contribution in [3.05, 3.63) is 35.9 Å². The minimum atomic E-state index is 0.139. The van der Waals surface area contributed by atoms with Crippen LogP contribution in [0.3, 0.4) is 0 Å². The molecule has 1 fully saturated rings. The molecule has 0 unspecified atom stereocenters. The van der Waals surface area contributed by atoms with Gasteiger partial charge in [-0.3, -0.25) is 9.78 Å². The van der Waals surface area contributed by atoms with Gasteiger partial charge in [-0.15, -0.1) is 0 Å². The molecular formula is C14H15ClN4O. The van der Waals surface area contributed by atoms with Crippen LogP contribution in [0.4, 0.5) is 5.69 Å². The van der Waals surface area contributed by atoms with E-state index >= 15 is 0 Å². The van der Waals surface area contributed by atoms with Crippen LogP contribution in [0.5, 0.6) is 0 Å². The van der Waals surface area contributed by atoms with Crippen LogP contribution in [0, 0.1) is 5.92 Å². The predicted octanol–water partition coefficient (Wildman–Crippen LogP) is 2.68. The van der Waals surface area contributed by atoms with Gasteiger partial charge in [-0.1, -0.05) is 11.6 Å². The largest absolute Gasteiger partial charge is 0.308 e. The Hall–Kier alpha value is -1.88. The monoisotopic (exact) mass is 290 g/mol. The fraction of sp³-hybridized carbons (Fsp3) is 0.357. The number of nitrogens with zero attached hydrogens (tertiary/aromatic N) is 4. The van der Waals surface area contributed by atoms with E-state index < -0.39 is 0 Å². The zero-order valence-corrected chi connectivity index (χ0v) is 11.9. The van der Waals surface area contributed by atoms with Gasteiger partial charge in [-0.25, -0.2) is 4.68 Å². The Morgan fingerprint density at radius 1 is 1.55 bits per heavy atom. The summed E-state index contributed by atoms with van der Waals surface area (Å²) in [4.78, 5) is 18.0. The fourth-order valence-corrected chi connectivity index (χ4v) is 2.37. The number of hydrogen-bond acceptors (Lipinski definition) is 3. The summed E-state index contributed by atoms with van der Waals surface area (Å²) in [6.07, 6.45) is 7.13. The van der Waals surface area contributed by atoms with E-state index in [0.717, 1.165) is 18.5 Å². The third kappa shape index (κ3) is 2.41. The average Bonchev–Trinajstić information content (AvgIpc) is 3.25. The van der Waals surface area contributed by atoms with Gasteiger partial charge in [0.15, 0.2) is 5.15 Å². The summed E-state index contributed by atoms with van der Waals surface area (Å²) in [5.74, 6) is 0.299. The first kappa shape index (κ1) is 13.1. The second-order valence-corrected chi connectivity index (χ2v) is 5.18. The molecule has 0 aromatic carbocycles. The lowest BCUT2D eigenvalue weighted by Gasteiger charge is -2.19. The van der Waals surface area contributed by atoms with E-state index in [9.17, 15) is 4.79 Å². The van der Waals surface area contributed by atoms with Gasteiger partial charge in [0, 0.05) is 18.7 Å². The summed E-state index contributed by atoms with van der Waals surface area (Å²) >= 11 is 6.19. The number of carbonyl (C=O) groups excluding carboxylic acids is 1. The Morgan fingerprint density at radius 3 is 2.95 bits per heavy atom. The molecule has 6 heteroatoms. The Balaban J connectivity index is 1.93. The summed E-state index contributed by atoms with van der Waals surface area (Å²) in [5, 5.41) is 4.60. The van der Waals surface area contributed by atoms with E-state index in [0.29, 0.717) is 17.4 Å². The molecule has 0 saturated heterocycles. The van der Waals surface area contributed by atoms with Gasteiger partial charge in [0.2, 0.25) is 5.91 Å². The Morgan fingerprint density at radius 2 is 2.35 bits per heavy atom. The number of pyridine rings is 1. The molecule has 0 N–H and O–H groups in total. The summed E-state index contributed by atoms with van der Waals surface area (Å²) in [7, 11) is 0. The number of rotatable bonds is 4. The van der Waals surface area contributed by atoms with Crippen molar-refractivity contribution in [2.45, 2.75) is 19.8 Å². The molecule has 2 aromatic heterocycles. The van der Waals surface area contributed by atoms with Crippen molar-refractivity contribution in [1.29, 1.82) is 0 Å². The lowest BCUT2D eigenvalue weighted by atomic mass is 10.3. The van der Waals surface area contributed by atoms with Gasteiger partial charge >= 0.3 is 0 Å². The summed E-state index contributed by atoms with van der Waals surface area (Å²) in [5.41, 5.74) is 1.48. The third-order valence-corrected chi connectivity index (χ3v) is 3.63. The van der Waals surface area contributed by atoms with E-state index in [2.05, 4.69) is 10.1 Å². The minimum Gasteiger partial charge on any atom is -0.308 e. The zero-order chi connectivity index (χ0) is 14.1. The summed E-state index contributed by atoms with van der Waals surface area (Å²) in [6.45, 7) is 2.53. The van der Waals surface area contributed by atoms with Crippen LogP contribution in [0.15, 0.2) is 30.7 Å². The van der Waals surface area contributed by atoms with Crippen LogP contribution in [0.2, 0.25) is 5.15 Å². The van der Waals surface area contributed by atoms with Gasteiger partial charge in [0.05, 0.1) is 18.1 Å². The van der Waals surface area contributed by atoms with Crippen molar-refractivity contribution in [2.24, 2.45) is 5.92 Å². The Kier molecular flexibility index (Phi) is 3.44. The number of halogens is 1. The molecule has 0 spiro atoms. The van der Waals surface area contributed by atoms with Crippen molar-refractivity contribution in [3.8, 4) is 5.69 Å². The van der Waals surface area contributed by atoms with Crippen molar-refractivity contribution in [1.82, 2.24) is 14.8 Å². The van der Waals surface area contributed by atoms with E-state index in [1.807, 2.05) is 19.1 Å². The van der Waals surface area contributed by atoms with Crippen LogP contribution in [-0.2, 0) is 4.79 Å². The number of carbonyl (C=O) groups is 1. The first-order valence-electron chi connectivity index (χ1n) is 6.67. The molecular weight excluding hydrogens is 276 g/mol. The molecule has 0 aliphatic heterocycles. The number of amides is 1. The number of anilines is 1. The SMILES string of the molecule is CCN(C(=O)C1CC1)c1cn(-c2cccnc2)nc1Cl. The number of hydrogen-bond donors (Lipinski definition) is 0. The molecule has 1 saturated carbocycles. The molecule has 0 bridgehead atoms. The van der Waals surface area contributed by atoms with Crippen LogP contribution >= 0.6 is 11.6 Å². The maximum atomic E-state index is 12.3. The quantitative estimate of drug-likeness (QED) is 0.870. The molecule has 1 amide bonds. The van der Waals surface area contributed by atoms with Crippen molar-refractivity contribution in [2.75, 3.05) is 11.4 Å². The van der Waals surface area contributed by atoms with Crippen LogP contribution in [0.25, 0.3) is 5.69 Å². The maximum absolute atomic E-state index is 12.3.